The van der Waals surface area contributed by atoms with Gasteiger partial charge in [-0.2, -0.15) is 0 Å². The lowest BCUT2D eigenvalue weighted by Gasteiger charge is -2.10. The number of nitrogens with one attached hydrogen (secondary N) is 3. The zero-order valence-electron chi connectivity index (χ0n) is 12.9. The molecule has 0 aliphatic carbocycles. The highest BCUT2D eigenvalue weighted by Gasteiger charge is 2.20. The predicted molar refractivity (Wildman–Crippen MR) is 103 cm³/mol. The van der Waals surface area contributed by atoms with Crippen molar-refractivity contribution in [1.82, 2.24) is 15.8 Å². The van der Waals surface area contributed by atoms with Gasteiger partial charge in [-0.3, -0.25) is 20.4 Å². The minimum Gasteiger partial charge on any atom is -0.344 e. The molecule has 2 amide bonds. The van der Waals surface area contributed by atoms with Gasteiger partial charge in [-0.15, -0.1) is 0 Å². The maximum Gasteiger partial charge on any atom is 0.273 e. The molecule has 0 bridgehead atoms. The molecule has 6 nitrogen and oxygen atoms in total. The molecule has 2 aromatic heterocycles. The fourth-order valence-electron chi connectivity index (χ4n) is 2.17. The molecule has 2 heterocycles. The van der Waals surface area contributed by atoms with Crippen molar-refractivity contribution in [3.63, 3.8) is 0 Å². The molecule has 3 N–H and O–H groups in total. The summed E-state index contributed by atoms with van der Waals surface area (Å²) >= 11 is 3.25. The number of halogens is 2. The van der Waals surface area contributed by atoms with E-state index in [1.807, 2.05) is 22.6 Å². The predicted octanol–water partition coefficient (Wildman–Crippen LogP) is 3.56. The van der Waals surface area contributed by atoms with E-state index in [9.17, 15) is 14.0 Å². The van der Waals surface area contributed by atoms with Crippen molar-refractivity contribution < 1.29 is 14.0 Å². The van der Waals surface area contributed by atoms with Gasteiger partial charge in [-0.05, 0) is 52.9 Å². The number of carbonyl (C=O) groups is 2. The van der Waals surface area contributed by atoms with E-state index in [0.717, 1.165) is 3.57 Å². The molecule has 0 unspecified atom stereocenters. The monoisotopic (exact) mass is 470 g/mol. The van der Waals surface area contributed by atoms with Crippen molar-refractivity contribution in [2.24, 2.45) is 0 Å². The van der Waals surface area contributed by atoms with Crippen LogP contribution in [0.2, 0.25) is 0 Å². The van der Waals surface area contributed by atoms with Gasteiger partial charge in [0.1, 0.15) is 15.6 Å². The van der Waals surface area contributed by atoms with E-state index in [-0.39, 0.29) is 5.69 Å². The number of amides is 2. The number of hydrogen-bond acceptors (Lipinski definition) is 5. The Hall–Kier alpha value is -2.27. The lowest BCUT2D eigenvalue weighted by atomic mass is 10.2. The summed E-state index contributed by atoms with van der Waals surface area (Å²) in [5.41, 5.74) is 5.13. The number of carbonyl (C=O) groups excluding carboxylic acids is 2. The third-order valence-electron chi connectivity index (χ3n) is 3.22. The molecule has 1 aromatic carbocycles. The Bertz CT molecular complexity index is 976. The fraction of sp³-hybridized carbons (Fsp3) is 0.0625. The third kappa shape index (κ3) is 3.87. The summed E-state index contributed by atoms with van der Waals surface area (Å²) in [5.74, 6) is -1.34. The van der Waals surface area contributed by atoms with E-state index in [2.05, 4.69) is 21.2 Å². The SMILES string of the molecule is CC(=O)NNC(=O)c1c(Nc2ccc(I)cc2F)sc2ncccc12. The van der Waals surface area contributed by atoms with Crippen LogP contribution in [0.25, 0.3) is 10.2 Å². The number of aromatic nitrogens is 1. The van der Waals surface area contributed by atoms with Crippen LogP contribution in [-0.2, 0) is 4.79 Å². The Labute approximate surface area is 159 Å². The van der Waals surface area contributed by atoms with Gasteiger partial charge >= 0.3 is 0 Å². The van der Waals surface area contributed by atoms with Crippen LogP contribution in [0.4, 0.5) is 15.1 Å². The average molecular weight is 470 g/mol. The molecule has 3 aromatic rings. The van der Waals surface area contributed by atoms with Gasteiger partial charge in [0, 0.05) is 22.1 Å². The number of rotatable bonds is 3. The number of nitrogens with zero attached hydrogens (tertiary/aromatic N) is 1. The van der Waals surface area contributed by atoms with E-state index < -0.39 is 17.6 Å². The number of hydrogen-bond donors (Lipinski definition) is 3. The Kier molecular flexibility index (Phi) is 5.13. The first-order chi connectivity index (χ1) is 12.0. The molecule has 0 radical (unpaired) electrons. The van der Waals surface area contributed by atoms with E-state index in [1.54, 1.807) is 30.5 Å². The summed E-state index contributed by atoms with van der Waals surface area (Å²) in [6.45, 7) is 1.29. The number of hydrazine groups is 1. The van der Waals surface area contributed by atoms with Crippen molar-refractivity contribution >= 4 is 66.6 Å². The summed E-state index contributed by atoms with van der Waals surface area (Å²) in [6.07, 6.45) is 1.61. The van der Waals surface area contributed by atoms with Crippen LogP contribution in [0, 0.1) is 9.39 Å². The molecule has 0 saturated heterocycles. The first kappa shape index (κ1) is 17.5. The molecular formula is C16H12FIN4O2S. The highest BCUT2D eigenvalue weighted by Crippen LogP contribution is 2.36. The summed E-state index contributed by atoms with van der Waals surface area (Å²) in [6, 6.07) is 8.21. The molecule has 3 rings (SSSR count). The number of pyridine rings is 1. The van der Waals surface area contributed by atoms with Gasteiger partial charge in [0.05, 0.1) is 11.3 Å². The molecule has 0 saturated carbocycles. The number of benzene rings is 1. The fourth-order valence-corrected chi connectivity index (χ4v) is 3.67. The summed E-state index contributed by atoms with van der Waals surface area (Å²) in [5, 5.41) is 4.01. The van der Waals surface area contributed by atoms with Crippen LogP contribution in [0.5, 0.6) is 0 Å². The zero-order chi connectivity index (χ0) is 18.0. The van der Waals surface area contributed by atoms with Crippen molar-refractivity contribution in [3.8, 4) is 0 Å². The van der Waals surface area contributed by atoms with E-state index in [4.69, 9.17) is 0 Å². The highest BCUT2D eigenvalue weighted by molar-refractivity contribution is 14.1. The quantitative estimate of drug-likeness (QED) is 0.404. The van der Waals surface area contributed by atoms with Gasteiger partial charge in [0.25, 0.3) is 5.91 Å². The van der Waals surface area contributed by atoms with Crippen LogP contribution in [0.1, 0.15) is 17.3 Å². The molecule has 25 heavy (non-hydrogen) atoms. The summed E-state index contributed by atoms with van der Waals surface area (Å²) in [4.78, 5) is 28.4. The molecular weight excluding hydrogens is 458 g/mol. The maximum atomic E-state index is 14.1. The minimum absolute atomic E-state index is 0.251. The second-order valence-electron chi connectivity index (χ2n) is 5.05. The van der Waals surface area contributed by atoms with Crippen LogP contribution in [0.15, 0.2) is 36.5 Å². The lowest BCUT2D eigenvalue weighted by molar-refractivity contribution is -0.119. The third-order valence-corrected chi connectivity index (χ3v) is 4.92. The molecule has 0 spiro atoms. The van der Waals surface area contributed by atoms with E-state index >= 15 is 0 Å². The number of thiophene rings is 1. The van der Waals surface area contributed by atoms with Gasteiger partial charge in [-0.25, -0.2) is 9.37 Å². The van der Waals surface area contributed by atoms with E-state index in [1.165, 1.54) is 24.3 Å². The van der Waals surface area contributed by atoms with Crippen LogP contribution in [0.3, 0.4) is 0 Å². The first-order valence-corrected chi connectivity index (χ1v) is 9.01. The van der Waals surface area contributed by atoms with Crippen molar-refractivity contribution in [2.75, 3.05) is 5.32 Å². The van der Waals surface area contributed by atoms with E-state index in [0.29, 0.717) is 20.8 Å². The maximum absolute atomic E-state index is 14.1. The number of anilines is 2. The molecule has 0 aliphatic heterocycles. The molecule has 128 valence electrons. The van der Waals surface area contributed by atoms with Gasteiger partial charge in [0.2, 0.25) is 5.91 Å². The molecule has 9 heteroatoms. The van der Waals surface area contributed by atoms with Gasteiger partial charge < -0.3 is 5.32 Å². The normalized spacial score (nSPS) is 10.5. The highest BCUT2D eigenvalue weighted by atomic mass is 127. The Morgan fingerprint density at radius 3 is 2.76 bits per heavy atom. The van der Waals surface area contributed by atoms with Crippen LogP contribution >= 0.6 is 33.9 Å². The average Bonchev–Trinajstić information content (AvgIpc) is 2.93. The van der Waals surface area contributed by atoms with Crippen molar-refractivity contribution in [3.05, 3.63) is 51.5 Å². The van der Waals surface area contributed by atoms with Gasteiger partial charge in [-0.1, -0.05) is 11.3 Å². The van der Waals surface area contributed by atoms with Crippen molar-refractivity contribution in [1.29, 1.82) is 0 Å². The Balaban J connectivity index is 2.03. The first-order valence-electron chi connectivity index (χ1n) is 7.12. The molecule has 0 aliphatic rings. The molecule has 0 fully saturated rings. The minimum atomic E-state index is -0.511. The van der Waals surface area contributed by atoms with Crippen LogP contribution in [-0.4, -0.2) is 16.8 Å². The van der Waals surface area contributed by atoms with Crippen molar-refractivity contribution in [2.45, 2.75) is 6.92 Å². The number of fused-ring (bicyclic) bond motifs is 1. The zero-order valence-corrected chi connectivity index (χ0v) is 15.9. The lowest BCUT2D eigenvalue weighted by Crippen LogP contribution is -2.40. The smallest absolute Gasteiger partial charge is 0.273 e. The van der Waals surface area contributed by atoms with Crippen LogP contribution < -0.4 is 16.2 Å². The second kappa shape index (κ2) is 7.31. The second-order valence-corrected chi connectivity index (χ2v) is 7.29. The summed E-state index contributed by atoms with van der Waals surface area (Å²) in [7, 11) is 0. The standard InChI is InChI=1S/C16H12FIN4O2S/c1-8(23)21-22-14(24)13-10-3-2-6-19-15(10)25-16(13)20-12-5-4-9(18)7-11(12)17/h2-7,20H,1H3,(H,21,23)(H,22,24). The Morgan fingerprint density at radius 1 is 1.24 bits per heavy atom. The molecule has 0 atom stereocenters. The topological polar surface area (TPSA) is 83.1 Å². The Morgan fingerprint density at radius 2 is 2.04 bits per heavy atom. The summed E-state index contributed by atoms with van der Waals surface area (Å²) < 4.78 is 14.9. The largest absolute Gasteiger partial charge is 0.344 e. The van der Waals surface area contributed by atoms with Gasteiger partial charge in [0.15, 0.2) is 0 Å².